The maximum Gasteiger partial charge on any atom is 0.339 e. The molecule has 1 aromatic carbocycles. The van der Waals surface area contributed by atoms with Crippen molar-refractivity contribution in [1.29, 1.82) is 0 Å². The summed E-state index contributed by atoms with van der Waals surface area (Å²) >= 11 is 0. The lowest BCUT2D eigenvalue weighted by Crippen LogP contribution is -2.32. The molecule has 0 saturated heterocycles. The lowest BCUT2D eigenvalue weighted by Gasteiger charge is -2.22. The molecule has 0 bridgehead atoms. The molecule has 104 valence electrons. The molecular weight excluding hydrogens is 248 g/mol. The Morgan fingerprint density at radius 2 is 1.95 bits per heavy atom. The zero-order valence-corrected chi connectivity index (χ0v) is 11.5. The fourth-order valence-electron chi connectivity index (χ4n) is 1.53. The minimum Gasteiger partial charge on any atom is -0.492 e. The van der Waals surface area contributed by atoms with Crippen LogP contribution in [0, 0.1) is 12.3 Å². The Hall–Kier alpha value is -2.04. The number of hydrogen-bond donors (Lipinski definition) is 1. The van der Waals surface area contributed by atoms with Crippen LogP contribution < -0.4 is 4.74 Å². The summed E-state index contributed by atoms with van der Waals surface area (Å²) in [6.45, 7) is 5.19. The molecule has 0 atom stereocenters. The van der Waals surface area contributed by atoms with Crippen LogP contribution in [0.15, 0.2) is 18.2 Å². The molecule has 1 aromatic rings. The summed E-state index contributed by atoms with van der Waals surface area (Å²) in [5.74, 6) is -1.22. The molecule has 1 rings (SSSR count). The van der Waals surface area contributed by atoms with Crippen LogP contribution in [0.3, 0.4) is 0 Å². The highest BCUT2D eigenvalue weighted by atomic mass is 16.5. The van der Waals surface area contributed by atoms with E-state index in [9.17, 15) is 9.59 Å². The van der Waals surface area contributed by atoms with Gasteiger partial charge in [-0.15, -0.1) is 0 Å². The number of carboxylic acids is 1. The molecule has 19 heavy (non-hydrogen) atoms. The first-order valence-electron chi connectivity index (χ1n) is 5.83. The van der Waals surface area contributed by atoms with Gasteiger partial charge in [0, 0.05) is 0 Å². The van der Waals surface area contributed by atoms with Crippen molar-refractivity contribution in [3.05, 3.63) is 29.3 Å². The van der Waals surface area contributed by atoms with Crippen molar-refractivity contribution in [1.82, 2.24) is 0 Å². The fourth-order valence-corrected chi connectivity index (χ4v) is 1.53. The van der Waals surface area contributed by atoms with E-state index in [2.05, 4.69) is 4.74 Å². The lowest BCUT2D eigenvalue weighted by molar-refractivity contribution is -0.152. The van der Waals surface area contributed by atoms with Crippen LogP contribution in [0.5, 0.6) is 5.75 Å². The quantitative estimate of drug-likeness (QED) is 0.828. The van der Waals surface area contributed by atoms with Gasteiger partial charge in [-0.2, -0.15) is 0 Å². The number of aromatic carboxylic acids is 1. The Balaban J connectivity index is 2.89. The van der Waals surface area contributed by atoms with Crippen LogP contribution in [0.1, 0.15) is 29.8 Å². The normalized spacial score (nSPS) is 10.9. The van der Waals surface area contributed by atoms with Crippen molar-refractivity contribution in [3.8, 4) is 5.75 Å². The zero-order chi connectivity index (χ0) is 14.6. The Kier molecular flexibility index (Phi) is 4.53. The van der Waals surface area contributed by atoms with E-state index in [-0.39, 0.29) is 17.9 Å². The molecule has 0 radical (unpaired) electrons. The molecule has 0 saturated carbocycles. The topological polar surface area (TPSA) is 72.8 Å². The highest BCUT2D eigenvalue weighted by molar-refractivity contribution is 5.91. The smallest absolute Gasteiger partial charge is 0.339 e. The molecule has 0 aliphatic heterocycles. The van der Waals surface area contributed by atoms with Gasteiger partial charge in [-0.1, -0.05) is 11.6 Å². The van der Waals surface area contributed by atoms with E-state index < -0.39 is 17.4 Å². The van der Waals surface area contributed by atoms with Crippen LogP contribution in [0.25, 0.3) is 0 Å². The minimum absolute atomic E-state index is 0.0447. The number of hydrogen-bond acceptors (Lipinski definition) is 4. The van der Waals surface area contributed by atoms with Crippen LogP contribution >= 0.6 is 0 Å². The molecule has 0 aromatic heterocycles. The van der Waals surface area contributed by atoms with E-state index in [1.54, 1.807) is 32.9 Å². The first-order valence-corrected chi connectivity index (χ1v) is 5.83. The summed E-state index contributed by atoms with van der Waals surface area (Å²) in [5.41, 5.74) is 0.0766. The van der Waals surface area contributed by atoms with E-state index >= 15 is 0 Å². The van der Waals surface area contributed by atoms with Crippen molar-refractivity contribution in [3.63, 3.8) is 0 Å². The van der Waals surface area contributed by atoms with Crippen LogP contribution in [0.2, 0.25) is 0 Å². The molecule has 0 aliphatic carbocycles. The molecule has 0 aliphatic rings. The SMILES string of the molecule is COC(=O)C(C)(C)COc1ccc(C)cc1C(=O)O. The molecule has 0 amide bonds. The average Bonchev–Trinajstić information content (AvgIpc) is 2.36. The molecular formula is C14H18O5. The van der Waals surface area contributed by atoms with Gasteiger partial charge in [0.1, 0.15) is 17.9 Å². The third kappa shape index (κ3) is 3.71. The van der Waals surface area contributed by atoms with E-state index in [1.807, 2.05) is 0 Å². The van der Waals surface area contributed by atoms with Gasteiger partial charge >= 0.3 is 11.9 Å². The minimum atomic E-state index is -1.06. The van der Waals surface area contributed by atoms with E-state index in [0.717, 1.165) is 5.56 Å². The molecule has 1 N–H and O–H groups in total. The number of methoxy groups -OCH3 is 1. The lowest BCUT2D eigenvalue weighted by atomic mass is 9.95. The fraction of sp³-hybridized carbons (Fsp3) is 0.429. The number of carbonyl (C=O) groups excluding carboxylic acids is 1. The zero-order valence-electron chi connectivity index (χ0n) is 11.5. The van der Waals surface area contributed by atoms with E-state index in [0.29, 0.717) is 0 Å². The van der Waals surface area contributed by atoms with Gasteiger partial charge < -0.3 is 14.6 Å². The second kappa shape index (κ2) is 5.73. The van der Waals surface area contributed by atoms with Gasteiger partial charge in [0.2, 0.25) is 0 Å². The van der Waals surface area contributed by atoms with Crippen LogP contribution in [0.4, 0.5) is 0 Å². The highest BCUT2D eigenvalue weighted by Gasteiger charge is 2.30. The number of carbonyl (C=O) groups is 2. The highest BCUT2D eigenvalue weighted by Crippen LogP contribution is 2.24. The van der Waals surface area contributed by atoms with Crippen molar-refractivity contribution in [2.24, 2.45) is 5.41 Å². The van der Waals surface area contributed by atoms with Gasteiger partial charge in [-0.05, 0) is 32.9 Å². The summed E-state index contributed by atoms with van der Waals surface area (Å²) in [6.07, 6.45) is 0. The van der Waals surface area contributed by atoms with Gasteiger partial charge in [-0.3, -0.25) is 4.79 Å². The van der Waals surface area contributed by atoms with Crippen molar-refractivity contribution >= 4 is 11.9 Å². The van der Waals surface area contributed by atoms with Crippen LogP contribution in [-0.2, 0) is 9.53 Å². The molecule has 5 heteroatoms. The first-order chi connectivity index (χ1) is 8.77. The van der Waals surface area contributed by atoms with Gasteiger partial charge in [-0.25, -0.2) is 4.79 Å². The first kappa shape index (κ1) is 15.0. The van der Waals surface area contributed by atoms with Crippen molar-refractivity contribution in [2.75, 3.05) is 13.7 Å². The monoisotopic (exact) mass is 266 g/mol. The Bertz CT molecular complexity index is 491. The molecule has 5 nitrogen and oxygen atoms in total. The number of rotatable bonds is 5. The second-order valence-corrected chi connectivity index (χ2v) is 4.97. The average molecular weight is 266 g/mol. The number of carboxylic acid groups (broad SMARTS) is 1. The van der Waals surface area contributed by atoms with Gasteiger partial charge in [0.25, 0.3) is 0 Å². The Labute approximate surface area is 112 Å². The maximum absolute atomic E-state index is 11.5. The third-order valence-corrected chi connectivity index (χ3v) is 2.69. The summed E-state index contributed by atoms with van der Waals surface area (Å²) in [4.78, 5) is 22.6. The summed E-state index contributed by atoms with van der Waals surface area (Å²) < 4.78 is 10.1. The number of aryl methyl sites for hydroxylation is 1. The number of benzene rings is 1. The molecule has 0 heterocycles. The maximum atomic E-state index is 11.5. The summed E-state index contributed by atoms with van der Waals surface area (Å²) in [7, 11) is 1.30. The molecule has 0 fully saturated rings. The predicted octanol–water partition coefficient (Wildman–Crippen LogP) is 2.27. The van der Waals surface area contributed by atoms with Gasteiger partial charge in [0.15, 0.2) is 0 Å². The van der Waals surface area contributed by atoms with Crippen LogP contribution in [-0.4, -0.2) is 30.8 Å². The third-order valence-electron chi connectivity index (χ3n) is 2.69. The van der Waals surface area contributed by atoms with Gasteiger partial charge in [0.05, 0.1) is 12.5 Å². The summed E-state index contributed by atoms with van der Waals surface area (Å²) in [5, 5.41) is 9.10. The van der Waals surface area contributed by atoms with Crippen molar-refractivity contribution in [2.45, 2.75) is 20.8 Å². The molecule has 0 unspecified atom stereocenters. The molecule has 0 spiro atoms. The summed E-state index contributed by atoms with van der Waals surface area (Å²) in [6, 6.07) is 4.88. The Morgan fingerprint density at radius 1 is 1.32 bits per heavy atom. The van der Waals surface area contributed by atoms with E-state index in [4.69, 9.17) is 9.84 Å². The predicted molar refractivity (Wildman–Crippen MR) is 69.4 cm³/mol. The number of esters is 1. The largest absolute Gasteiger partial charge is 0.492 e. The number of ether oxygens (including phenoxy) is 2. The van der Waals surface area contributed by atoms with E-state index in [1.165, 1.54) is 13.2 Å². The standard InChI is InChI=1S/C14H18O5/c1-9-5-6-11(10(7-9)12(15)16)19-8-14(2,3)13(17)18-4/h5-7H,8H2,1-4H3,(H,15,16). The van der Waals surface area contributed by atoms with Crippen molar-refractivity contribution < 1.29 is 24.2 Å². The second-order valence-electron chi connectivity index (χ2n) is 4.97. The Morgan fingerprint density at radius 3 is 2.47 bits per heavy atom.